The first kappa shape index (κ1) is 15.5. The lowest BCUT2D eigenvalue weighted by Crippen LogP contribution is -2.58. The average molecular weight is 254 g/mol. The molecule has 0 spiro atoms. The summed E-state index contributed by atoms with van der Waals surface area (Å²) in [7, 11) is 0. The lowest BCUT2D eigenvalue weighted by Gasteiger charge is -2.56. The van der Waals surface area contributed by atoms with Gasteiger partial charge in [0.15, 0.2) is 0 Å². The van der Waals surface area contributed by atoms with Crippen molar-refractivity contribution in [2.75, 3.05) is 0 Å². The summed E-state index contributed by atoms with van der Waals surface area (Å²) in [5.41, 5.74) is -0.297. The lowest BCUT2D eigenvalue weighted by atomic mass is 9.54. The number of rotatable bonds is 3. The lowest BCUT2D eigenvalue weighted by molar-refractivity contribution is -0.212. The summed E-state index contributed by atoms with van der Waals surface area (Å²) in [6, 6.07) is 0. The topological polar surface area (TPSA) is 26.3 Å². The standard InChI is InChI=1S/C16H30O2/c1-8-12(2)13(17)18-16(7)14(3,4)10-9-11-15(16,5)6/h12H,8-11H2,1-7H3. The van der Waals surface area contributed by atoms with E-state index in [0.29, 0.717) is 0 Å². The van der Waals surface area contributed by atoms with Gasteiger partial charge in [-0.15, -0.1) is 0 Å². The average Bonchev–Trinajstić information content (AvgIpc) is 2.24. The summed E-state index contributed by atoms with van der Waals surface area (Å²) in [6.45, 7) is 15.1. The molecule has 0 aromatic rings. The molecule has 1 rings (SSSR count). The van der Waals surface area contributed by atoms with E-state index in [4.69, 9.17) is 4.74 Å². The van der Waals surface area contributed by atoms with Gasteiger partial charge in [-0.3, -0.25) is 4.79 Å². The Labute approximate surface area is 112 Å². The zero-order valence-corrected chi connectivity index (χ0v) is 13.2. The normalized spacial score (nSPS) is 26.4. The highest BCUT2D eigenvalue weighted by molar-refractivity contribution is 5.72. The maximum absolute atomic E-state index is 12.2. The zero-order valence-electron chi connectivity index (χ0n) is 13.2. The van der Waals surface area contributed by atoms with E-state index in [0.717, 1.165) is 19.3 Å². The van der Waals surface area contributed by atoms with E-state index in [2.05, 4.69) is 34.6 Å². The molecule has 0 heterocycles. The first-order valence-corrected chi connectivity index (χ1v) is 7.30. The van der Waals surface area contributed by atoms with Crippen molar-refractivity contribution in [2.24, 2.45) is 16.7 Å². The number of carbonyl (C=O) groups is 1. The van der Waals surface area contributed by atoms with Crippen LogP contribution in [-0.4, -0.2) is 11.6 Å². The van der Waals surface area contributed by atoms with Crippen molar-refractivity contribution in [3.8, 4) is 0 Å². The van der Waals surface area contributed by atoms with Crippen LogP contribution in [0.25, 0.3) is 0 Å². The smallest absolute Gasteiger partial charge is 0.309 e. The number of esters is 1. The summed E-state index contributed by atoms with van der Waals surface area (Å²) >= 11 is 0. The van der Waals surface area contributed by atoms with Crippen molar-refractivity contribution in [1.29, 1.82) is 0 Å². The molecule has 1 saturated carbocycles. The molecule has 0 aromatic heterocycles. The minimum atomic E-state index is -0.376. The van der Waals surface area contributed by atoms with E-state index in [1.807, 2.05) is 13.8 Å². The van der Waals surface area contributed by atoms with Crippen LogP contribution in [0.5, 0.6) is 0 Å². The molecular weight excluding hydrogens is 224 g/mol. The third-order valence-corrected chi connectivity index (χ3v) is 5.51. The van der Waals surface area contributed by atoms with Crippen molar-refractivity contribution in [3.63, 3.8) is 0 Å². The highest BCUT2D eigenvalue weighted by Crippen LogP contribution is 2.55. The summed E-state index contributed by atoms with van der Waals surface area (Å²) in [4.78, 5) is 12.2. The SMILES string of the molecule is CCC(C)C(=O)OC1(C)C(C)(C)CCCC1(C)C. The van der Waals surface area contributed by atoms with Gasteiger partial charge in [-0.25, -0.2) is 0 Å². The minimum absolute atomic E-state index is 0.00430. The Bertz CT molecular complexity index is 299. The fourth-order valence-electron chi connectivity index (χ4n) is 3.11. The van der Waals surface area contributed by atoms with Gasteiger partial charge in [0.25, 0.3) is 0 Å². The van der Waals surface area contributed by atoms with E-state index in [9.17, 15) is 4.79 Å². The van der Waals surface area contributed by atoms with Crippen LogP contribution in [0.4, 0.5) is 0 Å². The molecule has 0 bridgehead atoms. The molecule has 1 unspecified atom stereocenters. The molecule has 1 atom stereocenters. The second-order valence-electron chi connectivity index (χ2n) is 7.38. The highest BCUT2D eigenvalue weighted by Gasteiger charge is 2.56. The maximum Gasteiger partial charge on any atom is 0.309 e. The van der Waals surface area contributed by atoms with Crippen molar-refractivity contribution in [1.82, 2.24) is 0 Å². The third-order valence-electron chi connectivity index (χ3n) is 5.51. The van der Waals surface area contributed by atoms with Gasteiger partial charge >= 0.3 is 5.97 Å². The molecule has 106 valence electrons. The Morgan fingerprint density at radius 3 is 1.94 bits per heavy atom. The van der Waals surface area contributed by atoms with Crippen LogP contribution in [0.2, 0.25) is 0 Å². The first-order chi connectivity index (χ1) is 8.07. The Morgan fingerprint density at radius 1 is 1.11 bits per heavy atom. The van der Waals surface area contributed by atoms with E-state index in [-0.39, 0.29) is 28.3 Å². The van der Waals surface area contributed by atoms with Gasteiger partial charge in [0.05, 0.1) is 5.92 Å². The largest absolute Gasteiger partial charge is 0.458 e. The molecule has 2 heteroatoms. The van der Waals surface area contributed by atoms with Crippen molar-refractivity contribution in [2.45, 2.75) is 79.8 Å². The number of hydrogen-bond donors (Lipinski definition) is 0. The molecule has 1 aliphatic rings. The van der Waals surface area contributed by atoms with Crippen LogP contribution >= 0.6 is 0 Å². The van der Waals surface area contributed by atoms with Crippen LogP contribution < -0.4 is 0 Å². The van der Waals surface area contributed by atoms with Crippen LogP contribution in [0.15, 0.2) is 0 Å². The molecule has 0 amide bonds. The van der Waals surface area contributed by atoms with Gasteiger partial charge in [0, 0.05) is 10.8 Å². The van der Waals surface area contributed by atoms with Gasteiger partial charge in [-0.2, -0.15) is 0 Å². The van der Waals surface area contributed by atoms with E-state index in [1.165, 1.54) is 6.42 Å². The Kier molecular flexibility index (Phi) is 4.19. The second-order valence-corrected chi connectivity index (χ2v) is 7.38. The minimum Gasteiger partial charge on any atom is -0.458 e. The molecule has 0 aliphatic heterocycles. The molecule has 2 nitrogen and oxygen atoms in total. The maximum atomic E-state index is 12.2. The second kappa shape index (κ2) is 4.86. The highest BCUT2D eigenvalue weighted by atomic mass is 16.6. The number of carbonyl (C=O) groups excluding carboxylic acids is 1. The molecule has 0 saturated heterocycles. The summed E-state index contributed by atoms with van der Waals surface area (Å²) in [6.07, 6.45) is 4.31. The van der Waals surface area contributed by atoms with E-state index in [1.54, 1.807) is 0 Å². The molecule has 1 aliphatic carbocycles. The predicted octanol–water partition coefficient (Wildman–Crippen LogP) is 4.57. The Morgan fingerprint density at radius 2 is 1.56 bits per heavy atom. The van der Waals surface area contributed by atoms with Gasteiger partial charge in [0.2, 0.25) is 0 Å². The van der Waals surface area contributed by atoms with E-state index >= 15 is 0 Å². The molecule has 0 N–H and O–H groups in total. The van der Waals surface area contributed by atoms with Crippen molar-refractivity contribution in [3.05, 3.63) is 0 Å². The van der Waals surface area contributed by atoms with Gasteiger partial charge in [0.1, 0.15) is 5.60 Å². The Balaban J connectivity index is 3.01. The fourth-order valence-corrected chi connectivity index (χ4v) is 3.11. The zero-order chi connectivity index (χ0) is 14.2. The summed E-state index contributed by atoms with van der Waals surface area (Å²) < 4.78 is 6.02. The number of hydrogen-bond acceptors (Lipinski definition) is 2. The molecule has 18 heavy (non-hydrogen) atoms. The number of ether oxygens (including phenoxy) is 1. The van der Waals surface area contributed by atoms with Crippen molar-refractivity contribution >= 4 is 5.97 Å². The summed E-state index contributed by atoms with van der Waals surface area (Å²) in [5.74, 6) is -0.0431. The van der Waals surface area contributed by atoms with Crippen LogP contribution in [0, 0.1) is 16.7 Å². The van der Waals surface area contributed by atoms with Crippen LogP contribution in [0.3, 0.4) is 0 Å². The van der Waals surface area contributed by atoms with Gasteiger partial charge in [-0.05, 0) is 26.2 Å². The Hall–Kier alpha value is -0.530. The predicted molar refractivity (Wildman–Crippen MR) is 75.4 cm³/mol. The van der Waals surface area contributed by atoms with Gasteiger partial charge < -0.3 is 4.74 Å². The molecule has 0 radical (unpaired) electrons. The monoisotopic (exact) mass is 254 g/mol. The third kappa shape index (κ3) is 2.44. The molecular formula is C16H30O2. The van der Waals surface area contributed by atoms with Crippen LogP contribution in [0.1, 0.15) is 74.1 Å². The summed E-state index contributed by atoms with van der Waals surface area (Å²) in [5, 5.41) is 0. The van der Waals surface area contributed by atoms with Crippen LogP contribution in [-0.2, 0) is 9.53 Å². The molecule has 0 aromatic carbocycles. The quantitative estimate of drug-likeness (QED) is 0.690. The van der Waals surface area contributed by atoms with E-state index < -0.39 is 0 Å². The molecule has 1 fully saturated rings. The fraction of sp³-hybridized carbons (Fsp3) is 0.938. The first-order valence-electron chi connectivity index (χ1n) is 7.30. The van der Waals surface area contributed by atoms with Crippen molar-refractivity contribution < 1.29 is 9.53 Å². The van der Waals surface area contributed by atoms with Gasteiger partial charge in [-0.1, -0.05) is 48.0 Å².